The van der Waals surface area contributed by atoms with Crippen LogP contribution in [0.3, 0.4) is 0 Å². The molecule has 0 radical (unpaired) electrons. The molecule has 2 heterocycles. The highest BCUT2D eigenvalue weighted by molar-refractivity contribution is 5.71. The van der Waals surface area contributed by atoms with Crippen LogP contribution in [0.15, 0.2) is 55.1 Å². The van der Waals surface area contributed by atoms with E-state index in [-0.39, 0.29) is 21.8 Å². The maximum atomic E-state index is 5.12. The van der Waals surface area contributed by atoms with Gasteiger partial charge < -0.3 is 0 Å². The Hall–Kier alpha value is -2.42. The lowest BCUT2D eigenvalue weighted by molar-refractivity contribution is -0.818. The van der Waals surface area contributed by atoms with Crippen LogP contribution in [0.4, 0.5) is 0 Å². The molecule has 1 aliphatic rings. The maximum Gasteiger partial charge on any atom is 0.249 e. The van der Waals surface area contributed by atoms with E-state index in [1.165, 1.54) is 22.3 Å². The molecule has 3 aromatic rings. The molecular weight excluding hydrogens is 390 g/mol. The summed E-state index contributed by atoms with van der Waals surface area (Å²) in [6, 6.07) is 15.6. The summed E-state index contributed by atoms with van der Waals surface area (Å²) in [4.78, 5) is 2.18. The fourth-order valence-corrected chi connectivity index (χ4v) is 6.53. The van der Waals surface area contributed by atoms with Crippen molar-refractivity contribution in [2.24, 2.45) is 5.41 Å². The minimum Gasteiger partial charge on any atom is -0.141 e. The Morgan fingerprint density at radius 2 is 1.72 bits per heavy atom. The van der Waals surface area contributed by atoms with Crippen molar-refractivity contribution < 1.29 is 4.68 Å². The van der Waals surface area contributed by atoms with E-state index in [4.69, 9.17) is 5.10 Å². The van der Waals surface area contributed by atoms with Crippen molar-refractivity contribution in [2.75, 3.05) is 0 Å². The van der Waals surface area contributed by atoms with E-state index in [1.54, 1.807) is 0 Å². The topological polar surface area (TPSA) is 21.7 Å². The van der Waals surface area contributed by atoms with Gasteiger partial charge in [-0.3, -0.25) is 0 Å². The Morgan fingerprint density at radius 3 is 2.31 bits per heavy atom. The average molecular weight is 431 g/mol. The third-order valence-corrected chi connectivity index (χ3v) is 7.97. The van der Waals surface area contributed by atoms with Gasteiger partial charge in [0.05, 0.1) is 10.5 Å². The highest BCUT2D eigenvalue weighted by Crippen LogP contribution is 2.49. The number of fused-ring (bicyclic) bond motifs is 5. The molecule has 2 unspecified atom stereocenters. The van der Waals surface area contributed by atoms with E-state index in [2.05, 4.69) is 120 Å². The average Bonchev–Trinajstić information content (AvgIpc) is 3.13. The summed E-state index contributed by atoms with van der Waals surface area (Å²) >= 11 is 0. The van der Waals surface area contributed by atoms with E-state index in [0.29, 0.717) is 0 Å². The predicted molar refractivity (Wildman–Crippen MR) is 134 cm³/mol. The SMILES string of the molecule is C=CC1(CC)c2ccc(C(C)(C)CC(C)(C)C)cc2-n2nc3ccccc3[n+]2C1(C)CC. The van der Waals surface area contributed by atoms with Gasteiger partial charge in [-0.1, -0.05) is 78.8 Å². The molecule has 3 nitrogen and oxygen atoms in total. The van der Waals surface area contributed by atoms with Crippen LogP contribution in [0.1, 0.15) is 85.8 Å². The Bertz CT molecular complexity index is 1180. The third-order valence-electron chi connectivity index (χ3n) is 7.97. The van der Waals surface area contributed by atoms with Gasteiger partial charge in [-0.15, -0.1) is 11.3 Å². The van der Waals surface area contributed by atoms with Crippen molar-refractivity contribution in [1.82, 2.24) is 9.90 Å². The summed E-state index contributed by atoms with van der Waals surface area (Å²) < 4.78 is 2.44. The van der Waals surface area contributed by atoms with E-state index in [1.807, 2.05) is 0 Å². The van der Waals surface area contributed by atoms with E-state index in [9.17, 15) is 0 Å². The van der Waals surface area contributed by atoms with Crippen molar-refractivity contribution in [2.45, 2.75) is 91.0 Å². The molecule has 2 aromatic carbocycles. The van der Waals surface area contributed by atoms with Crippen LogP contribution in [0.5, 0.6) is 0 Å². The fraction of sp³-hybridized carbons (Fsp3) is 0.517. The number of para-hydroxylation sites is 1. The molecular formula is C29H40N3+. The molecule has 0 bridgehead atoms. The molecule has 32 heavy (non-hydrogen) atoms. The zero-order chi connectivity index (χ0) is 23.5. The molecule has 4 rings (SSSR count). The molecule has 0 saturated carbocycles. The number of benzene rings is 2. The van der Waals surface area contributed by atoms with Gasteiger partial charge in [0.2, 0.25) is 11.0 Å². The first-order chi connectivity index (χ1) is 14.9. The molecule has 0 N–H and O–H groups in total. The molecule has 170 valence electrons. The van der Waals surface area contributed by atoms with Crippen LogP contribution in [-0.2, 0) is 16.4 Å². The molecule has 2 atom stereocenters. The van der Waals surface area contributed by atoms with Crippen LogP contribution < -0.4 is 4.68 Å². The van der Waals surface area contributed by atoms with Crippen molar-refractivity contribution >= 4 is 11.0 Å². The quantitative estimate of drug-likeness (QED) is 0.315. The van der Waals surface area contributed by atoms with Crippen LogP contribution in [0.25, 0.3) is 16.7 Å². The molecule has 1 aromatic heterocycles. The number of rotatable bonds is 5. The summed E-state index contributed by atoms with van der Waals surface area (Å²) in [6.07, 6.45) is 5.30. The Balaban J connectivity index is 2.07. The van der Waals surface area contributed by atoms with Gasteiger partial charge in [-0.25, -0.2) is 0 Å². The summed E-state index contributed by atoms with van der Waals surface area (Å²) in [5, 5.41) is 5.12. The summed E-state index contributed by atoms with van der Waals surface area (Å²) in [5.74, 6) is 0. The van der Waals surface area contributed by atoms with Gasteiger partial charge in [0.1, 0.15) is 11.2 Å². The molecule has 0 fully saturated rings. The lowest BCUT2D eigenvalue weighted by atomic mass is 9.61. The highest BCUT2D eigenvalue weighted by Gasteiger charge is 2.57. The second-order valence-electron chi connectivity index (χ2n) is 11.7. The molecule has 0 aliphatic carbocycles. The second-order valence-corrected chi connectivity index (χ2v) is 11.7. The first-order valence-electron chi connectivity index (χ1n) is 12.1. The maximum absolute atomic E-state index is 5.12. The number of hydrogen-bond donors (Lipinski definition) is 0. The van der Waals surface area contributed by atoms with Crippen LogP contribution in [-0.4, -0.2) is 9.90 Å². The van der Waals surface area contributed by atoms with Gasteiger partial charge in [0, 0.05) is 0 Å². The zero-order valence-corrected chi connectivity index (χ0v) is 21.3. The molecule has 0 saturated heterocycles. The lowest BCUT2D eigenvalue weighted by Gasteiger charge is -2.47. The second kappa shape index (κ2) is 7.30. The van der Waals surface area contributed by atoms with Crippen LogP contribution in [0, 0.1) is 5.41 Å². The van der Waals surface area contributed by atoms with E-state index < -0.39 is 0 Å². The first-order valence-corrected chi connectivity index (χ1v) is 12.1. The molecule has 0 spiro atoms. The van der Waals surface area contributed by atoms with Crippen LogP contribution >= 0.6 is 0 Å². The van der Waals surface area contributed by atoms with Gasteiger partial charge in [-0.2, -0.15) is 0 Å². The minimum absolute atomic E-state index is 0.0687. The molecule has 0 amide bonds. The predicted octanol–water partition coefficient (Wildman–Crippen LogP) is 7.00. The van der Waals surface area contributed by atoms with Crippen molar-refractivity contribution in [3.05, 3.63) is 66.2 Å². The molecule has 3 heteroatoms. The number of nitrogens with zero attached hydrogens (tertiary/aromatic N) is 3. The van der Waals surface area contributed by atoms with Gasteiger partial charge >= 0.3 is 0 Å². The minimum atomic E-state index is -0.173. The standard InChI is InChI=1S/C29H40N3/c1-10-28(9)29(11-2,12-3)22-18-17-21(27(7,8)20-26(4,5)6)19-25(22)32-30-23-15-13-14-16-24(23)31(28)32/h11,13-19H,2,10,12,20H2,1,3-9H3/q+1. The van der Waals surface area contributed by atoms with Gasteiger partial charge in [-0.05, 0) is 71.1 Å². The summed E-state index contributed by atoms with van der Waals surface area (Å²) in [5.41, 5.74) is 6.09. The van der Waals surface area contributed by atoms with Crippen molar-refractivity contribution in [3.63, 3.8) is 0 Å². The normalized spacial score (nSPS) is 23.1. The Morgan fingerprint density at radius 1 is 1.03 bits per heavy atom. The number of aromatic nitrogens is 3. The monoisotopic (exact) mass is 430 g/mol. The fourth-order valence-electron chi connectivity index (χ4n) is 6.53. The van der Waals surface area contributed by atoms with Crippen LogP contribution in [0.2, 0.25) is 0 Å². The summed E-state index contributed by atoms with van der Waals surface area (Å²) in [6.45, 7) is 23.1. The highest BCUT2D eigenvalue weighted by atomic mass is 15.6. The van der Waals surface area contributed by atoms with E-state index in [0.717, 1.165) is 24.8 Å². The lowest BCUT2D eigenvalue weighted by Crippen LogP contribution is -2.71. The number of allylic oxidation sites excluding steroid dienone is 1. The zero-order valence-electron chi connectivity index (χ0n) is 21.3. The van der Waals surface area contributed by atoms with Crippen molar-refractivity contribution in [1.29, 1.82) is 0 Å². The van der Waals surface area contributed by atoms with Gasteiger partial charge in [0.15, 0.2) is 0 Å². The smallest absolute Gasteiger partial charge is 0.141 e. The van der Waals surface area contributed by atoms with Gasteiger partial charge in [0.25, 0.3) is 0 Å². The summed E-state index contributed by atoms with van der Waals surface area (Å²) in [7, 11) is 0. The Kier molecular flexibility index (Phi) is 5.19. The first kappa shape index (κ1) is 22.8. The third kappa shape index (κ3) is 3.08. The molecule has 1 aliphatic heterocycles. The Labute approximate surface area is 194 Å². The largest absolute Gasteiger partial charge is 0.249 e. The van der Waals surface area contributed by atoms with E-state index >= 15 is 0 Å². The van der Waals surface area contributed by atoms with Crippen molar-refractivity contribution in [3.8, 4) is 5.69 Å². The number of hydrogen-bond acceptors (Lipinski definition) is 1.